The van der Waals surface area contributed by atoms with Crippen LogP contribution in [0.2, 0.25) is 0 Å². The van der Waals surface area contributed by atoms with Gasteiger partial charge in [-0.1, -0.05) is 0 Å². The Hall–Kier alpha value is -0.0900. The number of amides is 1. The summed E-state index contributed by atoms with van der Waals surface area (Å²) in [6.45, 7) is 1.03. The van der Waals surface area contributed by atoms with Crippen molar-refractivity contribution in [3.8, 4) is 0 Å². The number of nitrogens with zero attached hydrogens (tertiary/aromatic N) is 1. The number of halogens is 1. The minimum absolute atomic E-state index is 0. The molecule has 1 atom stereocenters. The van der Waals surface area contributed by atoms with Gasteiger partial charge in [0.2, 0.25) is 5.91 Å². The highest BCUT2D eigenvalue weighted by Gasteiger charge is 2.25. The van der Waals surface area contributed by atoms with E-state index in [0.717, 1.165) is 17.4 Å². The summed E-state index contributed by atoms with van der Waals surface area (Å²) in [5.41, 5.74) is 0. The van der Waals surface area contributed by atoms with E-state index in [1.54, 1.807) is 0 Å². The third-order valence-electron chi connectivity index (χ3n) is 1.85. The second-order valence-corrected chi connectivity index (χ2v) is 4.28. The average Bonchev–Trinajstić information content (AvgIpc) is 2.10. The molecule has 3 nitrogen and oxygen atoms in total. The number of hydrogen-bond acceptors (Lipinski definition) is 1. The van der Waals surface area contributed by atoms with Crippen LogP contribution >= 0.6 is 0 Å². The van der Waals surface area contributed by atoms with Crippen LogP contribution in [-0.4, -0.2) is 44.1 Å². The molecule has 0 saturated carbocycles. The Morgan fingerprint density at radius 1 is 1.50 bits per heavy atom. The molecular weight excluding hydrogens is 220 g/mol. The highest BCUT2D eigenvalue weighted by molar-refractivity contribution is 5.78. The van der Waals surface area contributed by atoms with E-state index in [0.29, 0.717) is 12.5 Å². The SMILES string of the molecule is C[N+](C)(C)C[C@H]1CCC(=O)N1.[Br-]. The molecule has 0 radical (unpaired) electrons. The maximum atomic E-state index is 10.8. The van der Waals surface area contributed by atoms with Gasteiger partial charge in [-0.25, -0.2) is 0 Å². The Balaban J connectivity index is 0.00000121. The molecule has 0 aromatic heterocycles. The summed E-state index contributed by atoms with van der Waals surface area (Å²) in [6, 6.07) is 0.405. The molecule has 1 rings (SSSR count). The van der Waals surface area contributed by atoms with Gasteiger partial charge < -0.3 is 26.8 Å². The first kappa shape index (κ1) is 11.9. The van der Waals surface area contributed by atoms with E-state index in [-0.39, 0.29) is 22.9 Å². The van der Waals surface area contributed by atoms with Crippen molar-refractivity contribution in [2.45, 2.75) is 18.9 Å². The third kappa shape index (κ3) is 4.07. The molecule has 1 aliphatic rings. The number of carbonyl (C=O) groups is 1. The molecule has 0 unspecified atom stereocenters. The van der Waals surface area contributed by atoms with Crippen molar-refractivity contribution in [1.82, 2.24) is 5.32 Å². The standard InChI is InChI=1S/C8H16N2O.BrH/c1-10(2,3)6-7-4-5-8(11)9-7;/h7H,4-6H2,1-3H3;1H/t7-;/m1./s1. The number of nitrogens with one attached hydrogen (secondary N) is 1. The Bertz CT molecular complexity index is 165. The monoisotopic (exact) mass is 236 g/mol. The highest BCUT2D eigenvalue weighted by Crippen LogP contribution is 2.08. The summed E-state index contributed by atoms with van der Waals surface area (Å²) in [5.74, 6) is 0.212. The molecule has 12 heavy (non-hydrogen) atoms. The molecule has 0 aromatic carbocycles. The van der Waals surface area contributed by atoms with E-state index in [2.05, 4.69) is 26.5 Å². The molecule has 0 bridgehead atoms. The minimum Gasteiger partial charge on any atom is -1.00 e. The van der Waals surface area contributed by atoms with Gasteiger partial charge in [-0.3, -0.25) is 4.79 Å². The molecule has 0 aromatic rings. The average molecular weight is 237 g/mol. The zero-order valence-electron chi connectivity index (χ0n) is 7.93. The molecule has 72 valence electrons. The quantitative estimate of drug-likeness (QED) is 0.509. The molecule has 1 amide bonds. The largest absolute Gasteiger partial charge is 1.00 e. The van der Waals surface area contributed by atoms with Crippen molar-refractivity contribution in [1.29, 1.82) is 0 Å². The first-order valence-corrected chi connectivity index (χ1v) is 4.07. The number of likely N-dealkylation sites (N-methyl/N-ethyl adjacent to an activating group) is 1. The van der Waals surface area contributed by atoms with Crippen LogP contribution in [0.3, 0.4) is 0 Å². The normalized spacial score (nSPS) is 23.2. The van der Waals surface area contributed by atoms with E-state index in [1.807, 2.05) is 0 Å². The summed E-state index contributed by atoms with van der Waals surface area (Å²) in [5, 5.41) is 2.96. The lowest BCUT2D eigenvalue weighted by Crippen LogP contribution is -3.00. The van der Waals surface area contributed by atoms with Crippen molar-refractivity contribution >= 4 is 5.91 Å². The molecule has 1 N–H and O–H groups in total. The third-order valence-corrected chi connectivity index (χ3v) is 1.85. The molecular formula is C8H17BrN2O. The molecule has 1 heterocycles. The van der Waals surface area contributed by atoms with Gasteiger partial charge in [0.15, 0.2) is 0 Å². The Labute approximate surface area is 84.5 Å². The van der Waals surface area contributed by atoms with E-state index < -0.39 is 0 Å². The molecule has 1 aliphatic heterocycles. The van der Waals surface area contributed by atoms with Gasteiger partial charge in [0.25, 0.3) is 0 Å². The summed E-state index contributed by atoms with van der Waals surface area (Å²) in [6.07, 6.45) is 1.72. The topological polar surface area (TPSA) is 29.1 Å². The smallest absolute Gasteiger partial charge is 0.220 e. The van der Waals surface area contributed by atoms with Crippen molar-refractivity contribution < 1.29 is 26.3 Å². The van der Waals surface area contributed by atoms with Crippen LogP contribution < -0.4 is 22.3 Å². The fraction of sp³-hybridized carbons (Fsp3) is 0.875. The maximum absolute atomic E-state index is 10.8. The fourth-order valence-electron chi connectivity index (χ4n) is 1.48. The van der Waals surface area contributed by atoms with Crippen LogP contribution in [0.25, 0.3) is 0 Å². The van der Waals surface area contributed by atoms with Crippen LogP contribution in [0.5, 0.6) is 0 Å². The Kier molecular flexibility index (Phi) is 4.20. The number of carbonyl (C=O) groups excluding carboxylic acids is 1. The van der Waals surface area contributed by atoms with Crippen LogP contribution in [0.15, 0.2) is 0 Å². The molecule has 1 saturated heterocycles. The summed E-state index contributed by atoms with van der Waals surface area (Å²) >= 11 is 0. The molecule has 0 spiro atoms. The van der Waals surface area contributed by atoms with Crippen LogP contribution in [-0.2, 0) is 4.79 Å². The maximum Gasteiger partial charge on any atom is 0.220 e. The number of quaternary nitrogens is 1. The Morgan fingerprint density at radius 2 is 2.08 bits per heavy atom. The van der Waals surface area contributed by atoms with Gasteiger partial charge in [0, 0.05) is 6.42 Å². The van der Waals surface area contributed by atoms with E-state index in [1.165, 1.54) is 0 Å². The second-order valence-electron chi connectivity index (χ2n) is 4.28. The highest BCUT2D eigenvalue weighted by atomic mass is 79.9. The summed E-state index contributed by atoms with van der Waals surface area (Å²) < 4.78 is 0.922. The van der Waals surface area contributed by atoms with Gasteiger partial charge in [-0.05, 0) is 6.42 Å². The lowest BCUT2D eigenvalue weighted by molar-refractivity contribution is -0.871. The summed E-state index contributed by atoms with van der Waals surface area (Å²) in [7, 11) is 6.43. The minimum atomic E-state index is 0. The van der Waals surface area contributed by atoms with Crippen molar-refractivity contribution in [2.75, 3.05) is 27.7 Å². The zero-order chi connectivity index (χ0) is 8.48. The predicted octanol–water partition coefficient (Wildman–Crippen LogP) is -3.02. The lowest BCUT2D eigenvalue weighted by atomic mass is 10.2. The van der Waals surface area contributed by atoms with Crippen LogP contribution in [0.1, 0.15) is 12.8 Å². The summed E-state index contributed by atoms with van der Waals surface area (Å²) in [4.78, 5) is 10.8. The van der Waals surface area contributed by atoms with Crippen LogP contribution in [0, 0.1) is 0 Å². The first-order valence-electron chi connectivity index (χ1n) is 4.07. The van der Waals surface area contributed by atoms with Gasteiger partial charge in [-0.2, -0.15) is 0 Å². The van der Waals surface area contributed by atoms with Crippen molar-refractivity contribution in [3.63, 3.8) is 0 Å². The Morgan fingerprint density at radius 3 is 2.42 bits per heavy atom. The van der Waals surface area contributed by atoms with Gasteiger partial charge in [-0.15, -0.1) is 0 Å². The van der Waals surface area contributed by atoms with E-state index >= 15 is 0 Å². The van der Waals surface area contributed by atoms with Crippen molar-refractivity contribution in [2.24, 2.45) is 0 Å². The fourth-order valence-corrected chi connectivity index (χ4v) is 1.48. The van der Waals surface area contributed by atoms with Gasteiger partial charge >= 0.3 is 0 Å². The van der Waals surface area contributed by atoms with E-state index in [4.69, 9.17) is 0 Å². The molecule has 1 fully saturated rings. The van der Waals surface area contributed by atoms with Gasteiger partial charge in [0.05, 0.1) is 33.7 Å². The van der Waals surface area contributed by atoms with Gasteiger partial charge in [0.1, 0.15) is 0 Å². The number of hydrogen-bond donors (Lipinski definition) is 1. The van der Waals surface area contributed by atoms with E-state index in [9.17, 15) is 4.79 Å². The molecule has 0 aliphatic carbocycles. The molecule has 4 heteroatoms. The zero-order valence-corrected chi connectivity index (χ0v) is 9.52. The lowest BCUT2D eigenvalue weighted by Gasteiger charge is -2.26. The van der Waals surface area contributed by atoms with Crippen LogP contribution in [0.4, 0.5) is 0 Å². The predicted molar refractivity (Wildman–Crippen MR) is 44.1 cm³/mol. The number of rotatable bonds is 2. The second kappa shape index (κ2) is 4.23. The first-order chi connectivity index (χ1) is 4.97. The van der Waals surface area contributed by atoms with Crippen molar-refractivity contribution in [3.05, 3.63) is 0 Å².